The lowest BCUT2D eigenvalue weighted by Gasteiger charge is -2.31. The minimum atomic E-state index is -0.0151. The highest BCUT2D eigenvalue weighted by atomic mass is 16.5. The van der Waals surface area contributed by atoms with Crippen molar-refractivity contribution in [2.45, 2.75) is 18.8 Å². The summed E-state index contributed by atoms with van der Waals surface area (Å²) in [6, 6.07) is 11.2. The molecule has 3 aromatic rings. The molecular formula is C18H18N4O2. The number of carbonyl (C=O) groups excluding carboxylic acids is 1. The van der Waals surface area contributed by atoms with Crippen molar-refractivity contribution in [1.29, 1.82) is 0 Å². The highest BCUT2D eigenvalue weighted by molar-refractivity contribution is 5.94. The third kappa shape index (κ3) is 2.71. The molecule has 1 aliphatic rings. The molecule has 0 bridgehead atoms. The molecule has 6 nitrogen and oxygen atoms in total. The Hall–Kier alpha value is -2.89. The number of piperidine rings is 1. The van der Waals surface area contributed by atoms with Gasteiger partial charge in [0.1, 0.15) is 5.82 Å². The molecule has 1 fully saturated rings. The Labute approximate surface area is 139 Å². The number of amides is 1. The predicted octanol–water partition coefficient (Wildman–Crippen LogP) is 2.22. The zero-order chi connectivity index (χ0) is 16.5. The van der Waals surface area contributed by atoms with Gasteiger partial charge >= 0.3 is 0 Å². The summed E-state index contributed by atoms with van der Waals surface area (Å²) in [5, 5.41) is 11.1. The normalized spacial score (nSPS) is 15.8. The minimum absolute atomic E-state index is 0.0151. The van der Waals surface area contributed by atoms with Crippen LogP contribution in [0.25, 0.3) is 11.0 Å². The third-order valence-corrected chi connectivity index (χ3v) is 4.63. The number of rotatable bonds is 2. The van der Waals surface area contributed by atoms with E-state index in [2.05, 4.69) is 9.97 Å². The zero-order valence-electron chi connectivity index (χ0n) is 13.2. The molecule has 1 N–H and O–H groups in total. The summed E-state index contributed by atoms with van der Waals surface area (Å²) in [7, 11) is 0. The van der Waals surface area contributed by atoms with Crippen molar-refractivity contribution in [2.75, 3.05) is 13.1 Å². The number of fused-ring (bicyclic) bond motifs is 1. The number of hydrogen-bond acceptors (Lipinski definition) is 3. The van der Waals surface area contributed by atoms with Crippen molar-refractivity contribution in [3.8, 4) is 0 Å². The highest BCUT2D eigenvalue weighted by Gasteiger charge is 2.26. The second kappa shape index (κ2) is 5.96. The summed E-state index contributed by atoms with van der Waals surface area (Å²) < 4.78 is 0.685. The zero-order valence-corrected chi connectivity index (χ0v) is 13.2. The average Bonchev–Trinajstić information content (AvgIpc) is 3.06. The molecule has 0 aliphatic carbocycles. The van der Waals surface area contributed by atoms with Crippen molar-refractivity contribution >= 4 is 16.9 Å². The molecule has 1 aliphatic heterocycles. The minimum Gasteiger partial charge on any atom is -0.619 e. The molecule has 0 spiro atoms. The van der Waals surface area contributed by atoms with Gasteiger partial charge < -0.3 is 15.1 Å². The van der Waals surface area contributed by atoms with E-state index in [9.17, 15) is 10.0 Å². The first kappa shape index (κ1) is 14.7. The van der Waals surface area contributed by atoms with Gasteiger partial charge in [0.15, 0.2) is 12.4 Å². The first-order valence-electron chi connectivity index (χ1n) is 8.13. The lowest BCUT2D eigenvalue weighted by molar-refractivity contribution is -0.605. The van der Waals surface area contributed by atoms with E-state index in [0.717, 1.165) is 29.7 Å². The van der Waals surface area contributed by atoms with Gasteiger partial charge in [0.25, 0.3) is 5.91 Å². The van der Waals surface area contributed by atoms with Crippen molar-refractivity contribution in [3.05, 3.63) is 65.4 Å². The molecule has 0 saturated carbocycles. The summed E-state index contributed by atoms with van der Waals surface area (Å²) in [6.07, 6.45) is 4.49. The third-order valence-electron chi connectivity index (χ3n) is 4.63. The number of nitrogens with one attached hydrogen (secondary N) is 1. The van der Waals surface area contributed by atoms with Gasteiger partial charge in [-0.1, -0.05) is 12.1 Å². The molecule has 0 unspecified atom stereocenters. The molecule has 1 saturated heterocycles. The molecule has 0 atom stereocenters. The van der Waals surface area contributed by atoms with Crippen molar-refractivity contribution in [2.24, 2.45) is 0 Å². The van der Waals surface area contributed by atoms with Crippen LogP contribution in [0.1, 0.15) is 34.9 Å². The van der Waals surface area contributed by atoms with Crippen molar-refractivity contribution in [1.82, 2.24) is 14.9 Å². The number of pyridine rings is 1. The maximum Gasteiger partial charge on any atom is 0.254 e. The van der Waals surface area contributed by atoms with Crippen LogP contribution in [-0.2, 0) is 0 Å². The number of hydrogen-bond donors (Lipinski definition) is 1. The van der Waals surface area contributed by atoms with Crippen molar-refractivity contribution < 1.29 is 9.52 Å². The maximum atomic E-state index is 12.5. The van der Waals surface area contributed by atoms with E-state index < -0.39 is 0 Å². The smallest absolute Gasteiger partial charge is 0.254 e. The number of carbonyl (C=O) groups is 1. The fraction of sp³-hybridized carbons (Fsp3) is 0.278. The quantitative estimate of drug-likeness (QED) is 0.580. The van der Waals surface area contributed by atoms with E-state index in [1.807, 2.05) is 29.2 Å². The van der Waals surface area contributed by atoms with Crippen LogP contribution < -0.4 is 4.73 Å². The molecule has 1 amide bonds. The first-order chi connectivity index (χ1) is 11.7. The van der Waals surface area contributed by atoms with E-state index in [1.165, 1.54) is 12.4 Å². The number of para-hydroxylation sites is 2. The van der Waals surface area contributed by atoms with E-state index in [-0.39, 0.29) is 5.91 Å². The number of imidazole rings is 1. The molecule has 1 aromatic carbocycles. The molecule has 4 rings (SSSR count). The van der Waals surface area contributed by atoms with Crippen LogP contribution in [0, 0.1) is 5.21 Å². The first-order valence-corrected chi connectivity index (χ1v) is 8.13. The van der Waals surface area contributed by atoms with E-state index in [4.69, 9.17) is 0 Å². The second-order valence-electron chi connectivity index (χ2n) is 6.15. The molecule has 3 heterocycles. The summed E-state index contributed by atoms with van der Waals surface area (Å²) in [4.78, 5) is 22.4. The number of nitrogens with zero attached hydrogens (tertiary/aromatic N) is 3. The molecule has 2 aromatic heterocycles. The van der Waals surface area contributed by atoms with Crippen LogP contribution in [-0.4, -0.2) is 33.9 Å². The van der Waals surface area contributed by atoms with Gasteiger partial charge in [0.05, 0.1) is 16.6 Å². The summed E-state index contributed by atoms with van der Waals surface area (Å²) in [5.41, 5.74) is 2.60. The molecule has 122 valence electrons. The SMILES string of the molecule is O=C(c1cc[n+]([O-])cc1)N1CCC(c2nc3ccccc3[nH]2)CC1. The number of aromatic amines is 1. The molecular weight excluding hydrogens is 304 g/mol. The van der Waals surface area contributed by atoms with Gasteiger partial charge in [-0.05, 0) is 25.0 Å². The second-order valence-corrected chi connectivity index (χ2v) is 6.15. The average molecular weight is 322 g/mol. The Morgan fingerprint density at radius 1 is 1.17 bits per heavy atom. The van der Waals surface area contributed by atoms with Crippen LogP contribution in [0.5, 0.6) is 0 Å². The fourth-order valence-corrected chi connectivity index (χ4v) is 3.26. The van der Waals surface area contributed by atoms with Gasteiger partial charge in [0, 0.05) is 31.1 Å². The van der Waals surface area contributed by atoms with Gasteiger partial charge in [0.2, 0.25) is 0 Å². The molecule has 24 heavy (non-hydrogen) atoms. The Morgan fingerprint density at radius 2 is 1.88 bits per heavy atom. The fourth-order valence-electron chi connectivity index (χ4n) is 3.26. The van der Waals surface area contributed by atoms with Crippen LogP contribution in [0.4, 0.5) is 0 Å². The highest BCUT2D eigenvalue weighted by Crippen LogP contribution is 2.28. The maximum absolute atomic E-state index is 12.5. The van der Waals surface area contributed by atoms with Gasteiger partial charge in [-0.2, -0.15) is 4.73 Å². The van der Waals surface area contributed by atoms with Crippen LogP contribution in [0.3, 0.4) is 0 Å². The monoisotopic (exact) mass is 322 g/mol. The van der Waals surface area contributed by atoms with Gasteiger partial charge in [-0.25, -0.2) is 4.98 Å². The van der Waals surface area contributed by atoms with E-state index >= 15 is 0 Å². The van der Waals surface area contributed by atoms with E-state index in [0.29, 0.717) is 29.3 Å². The van der Waals surface area contributed by atoms with Gasteiger partial charge in [-0.15, -0.1) is 0 Å². The van der Waals surface area contributed by atoms with Gasteiger partial charge in [-0.3, -0.25) is 4.79 Å². The lowest BCUT2D eigenvalue weighted by atomic mass is 9.95. The summed E-state index contributed by atoms with van der Waals surface area (Å²) >= 11 is 0. The predicted molar refractivity (Wildman–Crippen MR) is 89.4 cm³/mol. The summed E-state index contributed by atoms with van der Waals surface area (Å²) in [6.45, 7) is 1.40. The van der Waals surface area contributed by atoms with Crippen LogP contribution in [0.2, 0.25) is 0 Å². The largest absolute Gasteiger partial charge is 0.619 e. The Balaban J connectivity index is 1.44. The lowest BCUT2D eigenvalue weighted by Crippen LogP contribution is -2.38. The molecule has 6 heteroatoms. The molecule has 0 radical (unpaired) electrons. The topological polar surface area (TPSA) is 75.9 Å². The number of benzene rings is 1. The standard InChI is InChI=1S/C18H18N4O2/c23-18(14-7-11-22(24)12-8-14)21-9-5-13(6-10-21)17-19-15-3-1-2-4-16(15)20-17/h1-4,7-8,11-13H,5-6,9-10H2,(H,19,20). The van der Waals surface area contributed by atoms with Crippen LogP contribution >= 0.6 is 0 Å². The Morgan fingerprint density at radius 3 is 2.58 bits per heavy atom. The van der Waals surface area contributed by atoms with E-state index in [1.54, 1.807) is 12.1 Å². The number of H-pyrrole nitrogens is 1. The number of likely N-dealkylation sites (tertiary alicyclic amines) is 1. The van der Waals surface area contributed by atoms with Crippen LogP contribution in [0.15, 0.2) is 48.8 Å². The Bertz CT molecular complexity index is 831. The Kier molecular flexibility index (Phi) is 3.65. The summed E-state index contributed by atoms with van der Waals surface area (Å²) in [5.74, 6) is 1.34. The number of aromatic nitrogens is 3. The van der Waals surface area contributed by atoms with Crippen molar-refractivity contribution in [3.63, 3.8) is 0 Å².